The van der Waals surface area contributed by atoms with Gasteiger partial charge in [-0.1, -0.05) is 24.3 Å². The van der Waals surface area contributed by atoms with Gasteiger partial charge in [0.25, 0.3) is 5.91 Å². The van der Waals surface area contributed by atoms with Gasteiger partial charge >= 0.3 is 0 Å². The summed E-state index contributed by atoms with van der Waals surface area (Å²) in [6, 6.07) is 15.1. The lowest BCUT2D eigenvalue weighted by Gasteiger charge is -2.24. The molecule has 7 nitrogen and oxygen atoms in total. The summed E-state index contributed by atoms with van der Waals surface area (Å²) < 4.78 is 5.26. The number of nitrogens with one attached hydrogen (secondary N) is 1. The maximum absolute atomic E-state index is 13.0. The fraction of sp³-hybridized carbons (Fsp3) is 0.280. The molecule has 0 aliphatic carbocycles. The van der Waals surface area contributed by atoms with E-state index in [1.807, 2.05) is 47.4 Å². The highest BCUT2D eigenvalue weighted by Crippen LogP contribution is 2.32. The number of hydrogen-bond acceptors (Lipinski definition) is 5. The molecule has 1 N–H and O–H groups in total. The summed E-state index contributed by atoms with van der Waals surface area (Å²) in [5.41, 5.74) is 4.00. The number of pyridine rings is 2. The molecule has 7 heteroatoms. The second-order valence-electron chi connectivity index (χ2n) is 7.76. The van der Waals surface area contributed by atoms with Gasteiger partial charge in [-0.15, -0.1) is 0 Å². The Labute approximate surface area is 187 Å². The van der Waals surface area contributed by atoms with Gasteiger partial charge in [-0.25, -0.2) is 0 Å². The zero-order valence-corrected chi connectivity index (χ0v) is 18.2. The predicted molar refractivity (Wildman–Crippen MR) is 121 cm³/mol. The van der Waals surface area contributed by atoms with Gasteiger partial charge in [-0.3, -0.25) is 19.6 Å². The van der Waals surface area contributed by atoms with E-state index in [-0.39, 0.29) is 17.9 Å². The number of likely N-dealkylation sites (tertiary alicyclic amines) is 1. The predicted octanol–water partition coefficient (Wildman–Crippen LogP) is 3.42. The number of methoxy groups -OCH3 is 1. The summed E-state index contributed by atoms with van der Waals surface area (Å²) in [6.45, 7) is 0.738. The second-order valence-corrected chi connectivity index (χ2v) is 7.76. The summed E-state index contributed by atoms with van der Waals surface area (Å²) in [5.74, 6) is 0.633. The number of hydrogen-bond donors (Lipinski definition) is 1. The molecule has 0 saturated carbocycles. The highest BCUT2D eigenvalue weighted by molar-refractivity contribution is 5.92. The van der Waals surface area contributed by atoms with E-state index in [0.717, 1.165) is 47.5 Å². The number of aromatic nitrogens is 2. The van der Waals surface area contributed by atoms with Crippen molar-refractivity contribution >= 4 is 11.8 Å². The van der Waals surface area contributed by atoms with Crippen molar-refractivity contribution in [2.75, 3.05) is 20.7 Å². The van der Waals surface area contributed by atoms with Crippen LogP contribution in [0.5, 0.6) is 5.75 Å². The first kappa shape index (κ1) is 21.5. The Bertz CT molecular complexity index is 1100. The van der Waals surface area contributed by atoms with Crippen LogP contribution >= 0.6 is 0 Å². The van der Waals surface area contributed by atoms with Crippen molar-refractivity contribution in [3.8, 4) is 16.9 Å². The molecule has 0 bridgehead atoms. The number of rotatable bonds is 6. The molecule has 3 heterocycles. The van der Waals surface area contributed by atoms with Crippen LogP contribution in [0.1, 0.15) is 40.6 Å². The summed E-state index contributed by atoms with van der Waals surface area (Å²) in [5, 5.41) is 2.56. The number of benzene rings is 1. The third-order valence-electron chi connectivity index (χ3n) is 5.75. The lowest BCUT2D eigenvalue weighted by molar-refractivity contribution is -0.131. The van der Waals surface area contributed by atoms with E-state index in [1.54, 1.807) is 32.6 Å². The molecule has 3 aromatic rings. The van der Waals surface area contributed by atoms with Crippen molar-refractivity contribution in [2.24, 2.45) is 0 Å². The maximum atomic E-state index is 13.0. The van der Waals surface area contributed by atoms with Gasteiger partial charge in [-0.05, 0) is 42.7 Å². The summed E-state index contributed by atoms with van der Waals surface area (Å²) in [7, 11) is 3.20. The van der Waals surface area contributed by atoms with Crippen LogP contribution in [-0.2, 0) is 11.2 Å². The molecule has 1 aromatic carbocycles. The minimum Gasteiger partial charge on any atom is -0.497 e. The molecule has 1 atom stereocenters. The van der Waals surface area contributed by atoms with Crippen LogP contribution in [0.2, 0.25) is 0 Å². The van der Waals surface area contributed by atoms with Crippen LogP contribution in [0.4, 0.5) is 0 Å². The lowest BCUT2D eigenvalue weighted by atomic mass is 10.1. The number of nitrogens with zero attached hydrogens (tertiary/aromatic N) is 3. The van der Waals surface area contributed by atoms with Crippen LogP contribution in [0.15, 0.2) is 60.9 Å². The molecule has 0 spiro atoms. The summed E-state index contributed by atoms with van der Waals surface area (Å²) in [6.07, 6.45) is 5.67. The molecule has 1 saturated heterocycles. The van der Waals surface area contributed by atoms with Crippen LogP contribution in [0.3, 0.4) is 0 Å². The Hall–Kier alpha value is -3.74. The number of carbonyl (C=O) groups is 2. The number of amides is 2. The lowest BCUT2D eigenvalue weighted by Crippen LogP contribution is -2.32. The zero-order valence-electron chi connectivity index (χ0n) is 18.2. The molecule has 4 rings (SSSR count). The minimum atomic E-state index is -0.218. The second kappa shape index (κ2) is 9.60. The minimum absolute atomic E-state index is 0.0177. The van der Waals surface area contributed by atoms with Crippen molar-refractivity contribution in [1.29, 1.82) is 0 Å². The van der Waals surface area contributed by atoms with Gasteiger partial charge in [0.05, 0.1) is 25.3 Å². The van der Waals surface area contributed by atoms with E-state index in [0.29, 0.717) is 12.1 Å². The van der Waals surface area contributed by atoms with Crippen molar-refractivity contribution in [1.82, 2.24) is 20.2 Å². The van der Waals surface area contributed by atoms with Crippen LogP contribution in [0.25, 0.3) is 11.1 Å². The van der Waals surface area contributed by atoms with E-state index in [2.05, 4.69) is 15.3 Å². The van der Waals surface area contributed by atoms with Gasteiger partial charge in [0.2, 0.25) is 5.91 Å². The summed E-state index contributed by atoms with van der Waals surface area (Å²) >= 11 is 0. The van der Waals surface area contributed by atoms with Gasteiger partial charge < -0.3 is 15.0 Å². The van der Waals surface area contributed by atoms with Gasteiger partial charge in [-0.2, -0.15) is 0 Å². The van der Waals surface area contributed by atoms with E-state index < -0.39 is 0 Å². The first-order valence-electron chi connectivity index (χ1n) is 10.7. The van der Waals surface area contributed by atoms with Gasteiger partial charge in [0.1, 0.15) is 11.4 Å². The average molecular weight is 431 g/mol. The molecular weight excluding hydrogens is 404 g/mol. The normalized spacial score (nSPS) is 15.4. The molecule has 1 aliphatic rings. The SMILES string of the molecule is CNC(=O)c1ccc(-c2ccc([C@@H]3CCCN3C(=O)Cc3cccc(OC)c3)nc2)cn1. The van der Waals surface area contributed by atoms with Crippen LogP contribution in [0, 0.1) is 0 Å². The molecule has 164 valence electrons. The highest BCUT2D eigenvalue weighted by atomic mass is 16.5. The van der Waals surface area contributed by atoms with Crippen molar-refractivity contribution in [3.63, 3.8) is 0 Å². The molecule has 2 amide bonds. The van der Waals surface area contributed by atoms with Crippen LogP contribution < -0.4 is 10.1 Å². The zero-order chi connectivity index (χ0) is 22.5. The fourth-order valence-electron chi connectivity index (χ4n) is 4.03. The standard InChI is InChI=1S/C25H26N4O3/c1-26-25(31)22-11-9-19(16-28-22)18-8-10-21(27-15-18)23-7-4-12-29(23)24(30)14-17-5-3-6-20(13-17)32-2/h3,5-6,8-11,13,15-16,23H,4,7,12,14H2,1-2H3,(H,26,31)/t23-/m0/s1. The molecule has 1 aliphatic heterocycles. The number of ether oxygens (including phenoxy) is 1. The molecule has 1 fully saturated rings. The average Bonchev–Trinajstić information content (AvgIpc) is 3.34. The molecule has 0 unspecified atom stereocenters. The Morgan fingerprint density at radius 3 is 2.53 bits per heavy atom. The Kier molecular flexibility index (Phi) is 6.44. The number of carbonyl (C=O) groups excluding carboxylic acids is 2. The Morgan fingerprint density at radius 2 is 1.88 bits per heavy atom. The molecular formula is C25H26N4O3. The molecule has 2 aromatic heterocycles. The quantitative estimate of drug-likeness (QED) is 0.648. The third kappa shape index (κ3) is 4.61. The summed E-state index contributed by atoms with van der Waals surface area (Å²) in [4.78, 5) is 35.5. The topological polar surface area (TPSA) is 84.4 Å². The van der Waals surface area contributed by atoms with Gasteiger partial charge in [0.15, 0.2) is 0 Å². The fourth-order valence-corrected chi connectivity index (χ4v) is 4.03. The van der Waals surface area contributed by atoms with E-state index in [9.17, 15) is 9.59 Å². The van der Waals surface area contributed by atoms with Crippen molar-refractivity contribution < 1.29 is 14.3 Å². The molecule has 0 radical (unpaired) electrons. The Balaban J connectivity index is 1.46. The van der Waals surface area contributed by atoms with Crippen molar-refractivity contribution in [3.05, 3.63) is 77.9 Å². The monoisotopic (exact) mass is 430 g/mol. The third-order valence-corrected chi connectivity index (χ3v) is 5.75. The first-order valence-corrected chi connectivity index (χ1v) is 10.7. The van der Waals surface area contributed by atoms with Crippen LogP contribution in [-0.4, -0.2) is 47.4 Å². The van der Waals surface area contributed by atoms with E-state index in [4.69, 9.17) is 4.74 Å². The smallest absolute Gasteiger partial charge is 0.269 e. The highest BCUT2D eigenvalue weighted by Gasteiger charge is 2.30. The van der Waals surface area contributed by atoms with E-state index in [1.165, 1.54) is 0 Å². The van der Waals surface area contributed by atoms with E-state index >= 15 is 0 Å². The first-order chi connectivity index (χ1) is 15.6. The maximum Gasteiger partial charge on any atom is 0.269 e. The molecule has 32 heavy (non-hydrogen) atoms. The van der Waals surface area contributed by atoms with Crippen molar-refractivity contribution in [2.45, 2.75) is 25.3 Å². The van der Waals surface area contributed by atoms with Gasteiger partial charge in [0, 0.05) is 37.1 Å². The largest absolute Gasteiger partial charge is 0.497 e. The Morgan fingerprint density at radius 1 is 1.09 bits per heavy atom.